The number of aromatic nitrogens is 2. The van der Waals surface area contributed by atoms with E-state index in [1.54, 1.807) is 11.8 Å². The Labute approximate surface area is 156 Å². The van der Waals surface area contributed by atoms with Gasteiger partial charge in [-0.15, -0.1) is 0 Å². The van der Waals surface area contributed by atoms with Gasteiger partial charge in [0.05, 0.1) is 5.41 Å². The average molecular weight is 368 g/mol. The van der Waals surface area contributed by atoms with Gasteiger partial charge in [0.15, 0.2) is 5.16 Å². The van der Waals surface area contributed by atoms with Crippen LogP contribution in [0.2, 0.25) is 0 Å². The van der Waals surface area contributed by atoms with E-state index in [2.05, 4.69) is 32.3 Å². The van der Waals surface area contributed by atoms with Crippen LogP contribution in [-0.2, 0) is 21.9 Å². The summed E-state index contributed by atoms with van der Waals surface area (Å²) in [5.41, 5.74) is 1.75. The Morgan fingerprint density at radius 1 is 1.12 bits per heavy atom. The quantitative estimate of drug-likeness (QED) is 0.494. The highest BCUT2D eigenvalue weighted by molar-refractivity contribution is 7.98. The Hall–Kier alpha value is -2.25. The fraction of sp³-hybridized carbons (Fsp3) is 0.368. The SMILES string of the molecule is O=C1C[C@]2(CCN(Cc3cnc(SCc4ccccc4)nc3)C2)C(=O)N1. The summed E-state index contributed by atoms with van der Waals surface area (Å²) in [6, 6.07) is 10.2. The lowest BCUT2D eigenvalue weighted by molar-refractivity contribution is -0.128. The van der Waals surface area contributed by atoms with Crippen molar-refractivity contribution < 1.29 is 9.59 Å². The molecule has 0 aliphatic carbocycles. The van der Waals surface area contributed by atoms with E-state index in [0.29, 0.717) is 19.5 Å². The van der Waals surface area contributed by atoms with Crippen LogP contribution in [0.1, 0.15) is 24.0 Å². The van der Waals surface area contributed by atoms with E-state index in [1.165, 1.54) is 5.56 Å². The summed E-state index contributed by atoms with van der Waals surface area (Å²) < 4.78 is 0. The first-order valence-electron chi connectivity index (χ1n) is 8.67. The van der Waals surface area contributed by atoms with E-state index in [-0.39, 0.29) is 11.8 Å². The summed E-state index contributed by atoms with van der Waals surface area (Å²) in [5.74, 6) is 0.576. The van der Waals surface area contributed by atoms with Crippen molar-refractivity contribution in [1.29, 1.82) is 0 Å². The number of imide groups is 1. The lowest BCUT2D eigenvalue weighted by atomic mass is 9.85. The molecule has 3 heterocycles. The minimum absolute atomic E-state index is 0.117. The Kier molecular flexibility index (Phi) is 4.74. The maximum atomic E-state index is 12.1. The molecule has 2 aliphatic rings. The van der Waals surface area contributed by atoms with Gasteiger partial charge in [0.2, 0.25) is 11.8 Å². The minimum atomic E-state index is -0.524. The van der Waals surface area contributed by atoms with Crippen molar-refractivity contribution in [2.75, 3.05) is 13.1 Å². The van der Waals surface area contributed by atoms with Crippen LogP contribution in [0.15, 0.2) is 47.9 Å². The third kappa shape index (κ3) is 3.64. The Morgan fingerprint density at radius 2 is 1.88 bits per heavy atom. The van der Waals surface area contributed by atoms with Gasteiger partial charge < -0.3 is 0 Å². The maximum absolute atomic E-state index is 12.1. The van der Waals surface area contributed by atoms with E-state index < -0.39 is 5.41 Å². The second kappa shape index (κ2) is 7.17. The fourth-order valence-electron chi connectivity index (χ4n) is 3.59. The number of nitrogens with zero attached hydrogens (tertiary/aromatic N) is 3. The van der Waals surface area contributed by atoms with Gasteiger partial charge >= 0.3 is 0 Å². The number of hydrogen-bond acceptors (Lipinski definition) is 6. The molecule has 0 bridgehead atoms. The Balaban J connectivity index is 1.32. The van der Waals surface area contributed by atoms with Crippen LogP contribution in [0.5, 0.6) is 0 Å². The Bertz CT molecular complexity index is 812. The van der Waals surface area contributed by atoms with Crippen LogP contribution in [0.25, 0.3) is 0 Å². The van der Waals surface area contributed by atoms with Gasteiger partial charge in [-0.1, -0.05) is 42.1 Å². The number of rotatable bonds is 5. The van der Waals surface area contributed by atoms with Gasteiger partial charge in [-0.3, -0.25) is 19.8 Å². The molecule has 4 rings (SSSR count). The summed E-state index contributed by atoms with van der Waals surface area (Å²) in [4.78, 5) is 34.7. The van der Waals surface area contributed by atoms with Gasteiger partial charge in [-0.05, 0) is 18.5 Å². The van der Waals surface area contributed by atoms with Crippen LogP contribution in [0.4, 0.5) is 0 Å². The lowest BCUT2D eigenvalue weighted by Gasteiger charge is -2.20. The summed E-state index contributed by atoms with van der Waals surface area (Å²) >= 11 is 1.61. The second-order valence-electron chi connectivity index (χ2n) is 6.94. The number of hydrogen-bond donors (Lipinski definition) is 1. The highest BCUT2D eigenvalue weighted by atomic mass is 32.2. The zero-order valence-corrected chi connectivity index (χ0v) is 15.2. The molecule has 2 amide bonds. The standard InChI is InChI=1S/C19H20N4O2S/c24-16-8-19(17(25)22-16)6-7-23(13-19)11-15-9-20-18(21-10-15)26-12-14-4-2-1-3-5-14/h1-5,9-10H,6-8,11-13H2,(H,22,24,25)/t19-/m0/s1. The third-order valence-electron chi connectivity index (χ3n) is 4.96. The molecule has 1 spiro atoms. The topological polar surface area (TPSA) is 75.2 Å². The fourth-order valence-corrected chi connectivity index (χ4v) is 4.34. The van der Waals surface area contributed by atoms with Gasteiger partial charge in [0, 0.05) is 43.2 Å². The first kappa shape index (κ1) is 17.2. The molecule has 2 aliphatic heterocycles. The number of benzene rings is 1. The Morgan fingerprint density at radius 3 is 2.58 bits per heavy atom. The highest BCUT2D eigenvalue weighted by Gasteiger charge is 2.50. The average Bonchev–Trinajstić information content (AvgIpc) is 3.17. The molecule has 26 heavy (non-hydrogen) atoms. The summed E-state index contributed by atoms with van der Waals surface area (Å²) in [7, 11) is 0. The number of carbonyl (C=O) groups is 2. The van der Waals surface area contributed by atoms with Gasteiger partial charge in [-0.25, -0.2) is 9.97 Å². The van der Waals surface area contributed by atoms with E-state index in [4.69, 9.17) is 0 Å². The van der Waals surface area contributed by atoms with E-state index in [0.717, 1.165) is 29.4 Å². The van der Waals surface area contributed by atoms with E-state index >= 15 is 0 Å². The van der Waals surface area contributed by atoms with Crippen molar-refractivity contribution in [2.45, 2.75) is 30.3 Å². The van der Waals surface area contributed by atoms with Crippen molar-refractivity contribution in [1.82, 2.24) is 20.2 Å². The highest BCUT2D eigenvalue weighted by Crippen LogP contribution is 2.38. The van der Waals surface area contributed by atoms with Crippen LogP contribution in [-0.4, -0.2) is 39.8 Å². The number of thioether (sulfide) groups is 1. The predicted molar refractivity (Wildman–Crippen MR) is 98.1 cm³/mol. The van der Waals surface area contributed by atoms with Crippen molar-refractivity contribution >= 4 is 23.6 Å². The normalized spacial score (nSPS) is 22.9. The molecule has 7 heteroatoms. The number of carbonyl (C=O) groups excluding carboxylic acids is 2. The molecule has 2 aromatic rings. The van der Waals surface area contributed by atoms with E-state index in [9.17, 15) is 9.59 Å². The van der Waals surface area contributed by atoms with Crippen LogP contribution >= 0.6 is 11.8 Å². The zero-order chi connectivity index (χ0) is 18.0. The van der Waals surface area contributed by atoms with Crippen molar-refractivity contribution in [2.24, 2.45) is 5.41 Å². The molecule has 1 aromatic carbocycles. The molecule has 0 radical (unpaired) electrons. The minimum Gasteiger partial charge on any atom is -0.298 e. The molecular weight excluding hydrogens is 348 g/mol. The molecular formula is C19H20N4O2S. The van der Waals surface area contributed by atoms with Gasteiger partial charge in [0.25, 0.3) is 0 Å². The predicted octanol–water partition coefficient (Wildman–Crippen LogP) is 2.01. The van der Waals surface area contributed by atoms with Gasteiger partial charge in [0.1, 0.15) is 0 Å². The largest absolute Gasteiger partial charge is 0.298 e. The summed E-state index contributed by atoms with van der Waals surface area (Å²) in [6.45, 7) is 2.13. The van der Waals surface area contributed by atoms with Crippen LogP contribution in [0, 0.1) is 5.41 Å². The smallest absolute Gasteiger partial charge is 0.234 e. The summed E-state index contributed by atoms with van der Waals surface area (Å²) in [6.07, 6.45) is 4.75. The van der Waals surface area contributed by atoms with E-state index in [1.807, 2.05) is 30.6 Å². The molecule has 6 nitrogen and oxygen atoms in total. The molecule has 1 aromatic heterocycles. The molecule has 0 unspecified atom stereocenters. The first-order valence-corrected chi connectivity index (χ1v) is 9.66. The number of amides is 2. The number of nitrogens with one attached hydrogen (secondary N) is 1. The third-order valence-corrected chi connectivity index (χ3v) is 5.91. The summed E-state index contributed by atoms with van der Waals surface area (Å²) in [5, 5.41) is 3.20. The van der Waals surface area contributed by atoms with Crippen molar-refractivity contribution in [3.05, 3.63) is 53.9 Å². The number of likely N-dealkylation sites (tertiary alicyclic amines) is 1. The molecule has 1 N–H and O–H groups in total. The first-order chi connectivity index (χ1) is 12.6. The molecule has 0 saturated carbocycles. The monoisotopic (exact) mass is 368 g/mol. The van der Waals surface area contributed by atoms with Crippen LogP contribution in [0.3, 0.4) is 0 Å². The maximum Gasteiger partial charge on any atom is 0.234 e. The van der Waals surface area contributed by atoms with Gasteiger partial charge in [-0.2, -0.15) is 0 Å². The molecule has 2 fully saturated rings. The second-order valence-corrected chi connectivity index (χ2v) is 7.89. The van der Waals surface area contributed by atoms with Crippen molar-refractivity contribution in [3.8, 4) is 0 Å². The molecule has 1 atom stereocenters. The van der Waals surface area contributed by atoms with Crippen molar-refractivity contribution in [3.63, 3.8) is 0 Å². The van der Waals surface area contributed by atoms with Crippen LogP contribution < -0.4 is 5.32 Å². The molecule has 134 valence electrons. The molecule has 2 saturated heterocycles. The lowest BCUT2D eigenvalue weighted by Crippen LogP contribution is -2.34. The zero-order valence-electron chi connectivity index (χ0n) is 14.4.